The zero-order chi connectivity index (χ0) is 19.4. The van der Waals surface area contributed by atoms with Gasteiger partial charge in [0, 0.05) is 11.5 Å². The second-order valence-corrected chi connectivity index (χ2v) is 5.01. The summed E-state index contributed by atoms with van der Waals surface area (Å²) in [6.45, 7) is -3.69. The Morgan fingerprint density at radius 3 is 2.78 bits per heavy atom. The first kappa shape index (κ1) is 9.99. The molecule has 0 bridgehead atoms. The number of hydrogen-bond donors (Lipinski definition) is 1. The van der Waals surface area contributed by atoms with Crippen LogP contribution in [0.3, 0.4) is 0 Å². The van der Waals surface area contributed by atoms with Gasteiger partial charge in [0.05, 0.1) is 16.7 Å². The number of hydrogen-bond acceptors (Lipinski definition) is 5. The molecule has 0 atom stereocenters. The molecule has 1 aliphatic heterocycles. The molecule has 3 aromatic rings. The van der Waals surface area contributed by atoms with Crippen LogP contribution < -0.4 is 14.8 Å². The van der Waals surface area contributed by atoms with Crippen LogP contribution >= 0.6 is 0 Å². The molecule has 0 saturated carbocycles. The van der Waals surface area contributed by atoms with Gasteiger partial charge in [-0.1, -0.05) is 12.1 Å². The van der Waals surface area contributed by atoms with Crippen LogP contribution in [0.5, 0.6) is 11.5 Å². The van der Waals surface area contributed by atoms with Crippen molar-refractivity contribution in [2.24, 2.45) is 0 Å². The molecule has 23 heavy (non-hydrogen) atoms. The van der Waals surface area contributed by atoms with Gasteiger partial charge in [-0.2, -0.15) is 0 Å². The van der Waals surface area contributed by atoms with E-state index in [4.69, 9.17) is 15.0 Å². The Bertz CT molecular complexity index is 1060. The van der Waals surface area contributed by atoms with E-state index in [2.05, 4.69) is 15.3 Å². The minimum absolute atomic E-state index is 0.00480. The van der Waals surface area contributed by atoms with E-state index in [1.54, 1.807) is 25.1 Å². The second-order valence-electron chi connectivity index (χ2n) is 5.01. The van der Waals surface area contributed by atoms with Gasteiger partial charge in [0.2, 0.25) is 0 Å². The van der Waals surface area contributed by atoms with E-state index in [0.717, 1.165) is 0 Å². The van der Waals surface area contributed by atoms with Gasteiger partial charge in [-0.15, -0.1) is 0 Å². The van der Waals surface area contributed by atoms with E-state index < -0.39 is 18.9 Å². The molecular weight excluding hydrogens is 297 g/mol. The number of rotatable bonds is 2. The molecule has 1 N–H and O–H groups in total. The van der Waals surface area contributed by atoms with Crippen LogP contribution in [0, 0.1) is 12.7 Å². The lowest BCUT2D eigenvalue weighted by molar-refractivity contribution is 0.172. The summed E-state index contributed by atoms with van der Waals surface area (Å²) in [4.78, 5) is 8.25. The molecule has 0 fully saturated rings. The van der Waals surface area contributed by atoms with Gasteiger partial charge in [-0.3, -0.25) is 0 Å². The lowest BCUT2D eigenvalue weighted by Crippen LogP contribution is -2.15. The van der Waals surface area contributed by atoms with Crippen LogP contribution in [0.15, 0.2) is 36.7 Å². The van der Waals surface area contributed by atoms with Gasteiger partial charge in [-0.05, 0) is 24.6 Å². The van der Waals surface area contributed by atoms with Crippen molar-refractivity contribution in [2.75, 3.05) is 18.4 Å². The van der Waals surface area contributed by atoms with E-state index in [1.807, 2.05) is 0 Å². The lowest BCUT2D eigenvalue weighted by atomic mass is 10.1. The summed E-state index contributed by atoms with van der Waals surface area (Å²) in [5.74, 6) is -0.0874. The number of nitrogens with one attached hydrogen (secondary N) is 1. The maximum Gasteiger partial charge on any atom is 0.163 e. The Kier molecular flexibility index (Phi) is 2.34. The van der Waals surface area contributed by atoms with Crippen molar-refractivity contribution in [3.63, 3.8) is 0 Å². The van der Waals surface area contributed by atoms with Gasteiger partial charge >= 0.3 is 0 Å². The van der Waals surface area contributed by atoms with Crippen LogP contribution in [0.25, 0.3) is 10.9 Å². The van der Waals surface area contributed by atoms with E-state index in [-0.39, 0.29) is 17.2 Å². The van der Waals surface area contributed by atoms with Crippen LogP contribution in [0.4, 0.5) is 15.9 Å². The van der Waals surface area contributed by atoms with Crippen molar-refractivity contribution in [1.29, 1.82) is 0 Å². The molecule has 0 unspecified atom stereocenters. The van der Waals surface area contributed by atoms with E-state index >= 15 is 0 Å². The van der Waals surface area contributed by atoms with Crippen molar-refractivity contribution >= 4 is 22.4 Å². The average molecular weight is 315 g/mol. The predicted octanol–water partition coefficient (Wildman–Crippen LogP) is 3.59. The Labute approximate surface area is 137 Å². The first-order valence-corrected chi connectivity index (χ1v) is 6.87. The van der Waals surface area contributed by atoms with E-state index in [1.165, 1.54) is 18.5 Å². The summed E-state index contributed by atoms with van der Waals surface area (Å²) in [6.07, 6.45) is 1.28. The molecule has 5 nitrogen and oxygen atoms in total. The molecule has 0 amide bonds. The van der Waals surface area contributed by atoms with Crippen LogP contribution in [0.2, 0.25) is 0 Å². The van der Waals surface area contributed by atoms with E-state index in [0.29, 0.717) is 22.3 Å². The Morgan fingerprint density at radius 2 is 1.96 bits per heavy atom. The Balaban J connectivity index is 1.82. The smallest absolute Gasteiger partial charge is 0.163 e. The summed E-state index contributed by atoms with van der Waals surface area (Å²) in [5, 5.41) is 3.35. The van der Waals surface area contributed by atoms with Crippen molar-refractivity contribution < 1.29 is 19.3 Å². The molecule has 0 radical (unpaired) electrons. The maximum atomic E-state index is 14.3. The largest absolute Gasteiger partial charge is 0.486 e. The SMILES string of the molecule is [2H]C1([2H])Oc2cc3ncnc(Nc4cccc(C)c4F)c3cc2OC1([2H])[2H]. The van der Waals surface area contributed by atoms with Gasteiger partial charge in [-0.25, -0.2) is 14.4 Å². The van der Waals surface area contributed by atoms with Gasteiger partial charge in [0.1, 0.15) is 31.1 Å². The Hall–Kier alpha value is -2.89. The second kappa shape index (κ2) is 5.39. The highest BCUT2D eigenvalue weighted by atomic mass is 19.1. The highest BCUT2D eigenvalue weighted by Gasteiger charge is 2.16. The predicted molar refractivity (Wildman–Crippen MR) is 84.9 cm³/mol. The fourth-order valence-electron chi connectivity index (χ4n) is 2.35. The van der Waals surface area contributed by atoms with Crippen molar-refractivity contribution in [3.8, 4) is 11.5 Å². The van der Waals surface area contributed by atoms with Crippen LogP contribution in [-0.4, -0.2) is 23.1 Å². The summed E-state index contributed by atoms with van der Waals surface area (Å²) >= 11 is 0. The van der Waals surface area contributed by atoms with Crippen molar-refractivity contribution in [3.05, 3.63) is 48.0 Å². The Morgan fingerprint density at radius 1 is 1.17 bits per heavy atom. The maximum absolute atomic E-state index is 14.3. The minimum atomic E-state index is -2.68. The lowest BCUT2D eigenvalue weighted by Gasteiger charge is -2.19. The number of fused-ring (bicyclic) bond motifs is 2. The number of anilines is 2. The molecule has 1 aliphatic rings. The molecule has 4 rings (SSSR count). The number of nitrogens with zero attached hydrogens (tertiary/aromatic N) is 2. The summed E-state index contributed by atoms with van der Waals surface area (Å²) in [7, 11) is 0. The molecule has 0 saturated heterocycles. The third kappa shape index (κ3) is 2.42. The molecule has 0 spiro atoms. The number of benzene rings is 2. The number of aryl methyl sites for hydroxylation is 1. The normalized spacial score (nSPS) is 20.1. The van der Waals surface area contributed by atoms with Crippen LogP contribution in [-0.2, 0) is 0 Å². The molecule has 1 aromatic heterocycles. The van der Waals surface area contributed by atoms with E-state index in [9.17, 15) is 4.39 Å². The highest BCUT2D eigenvalue weighted by Crippen LogP contribution is 2.36. The zero-order valence-electron chi connectivity index (χ0n) is 16.1. The quantitative estimate of drug-likeness (QED) is 0.783. The number of aromatic nitrogens is 2. The molecule has 2 heterocycles. The molecule has 6 heteroatoms. The summed E-state index contributed by atoms with van der Waals surface area (Å²) in [5.41, 5.74) is 1.11. The average Bonchev–Trinajstić information content (AvgIpc) is 2.58. The number of ether oxygens (including phenoxy) is 2. The fourth-order valence-corrected chi connectivity index (χ4v) is 2.35. The first-order valence-electron chi connectivity index (χ1n) is 8.87. The van der Waals surface area contributed by atoms with Gasteiger partial charge in [0.25, 0.3) is 0 Å². The van der Waals surface area contributed by atoms with Gasteiger partial charge < -0.3 is 14.8 Å². The van der Waals surface area contributed by atoms with Crippen molar-refractivity contribution in [2.45, 2.75) is 6.92 Å². The van der Waals surface area contributed by atoms with Crippen molar-refractivity contribution in [1.82, 2.24) is 9.97 Å². The first-order chi connectivity index (χ1) is 12.7. The zero-order valence-corrected chi connectivity index (χ0v) is 12.1. The summed E-state index contributed by atoms with van der Waals surface area (Å²) < 4.78 is 55.3. The monoisotopic (exact) mass is 315 g/mol. The van der Waals surface area contributed by atoms with Gasteiger partial charge in [0.15, 0.2) is 11.5 Å². The molecule has 0 aliphatic carbocycles. The van der Waals surface area contributed by atoms with Crippen LogP contribution in [0.1, 0.15) is 11.0 Å². The molecular formula is C17H14FN3O2. The third-order valence-electron chi connectivity index (χ3n) is 3.51. The minimum Gasteiger partial charge on any atom is -0.486 e. The molecule has 116 valence electrons. The third-order valence-corrected chi connectivity index (χ3v) is 3.51. The standard InChI is InChI=1S/C17H14FN3O2/c1-10-3-2-4-12(16(10)18)21-17-11-7-14-15(23-6-5-22-14)8-13(11)19-9-20-17/h2-4,7-9H,5-6H2,1H3,(H,19,20,21)/i5D2,6D2. The topological polar surface area (TPSA) is 56.3 Å². The number of halogens is 1. The fraction of sp³-hybridized carbons (Fsp3) is 0.176. The highest BCUT2D eigenvalue weighted by molar-refractivity contribution is 5.93. The summed E-state index contributed by atoms with van der Waals surface area (Å²) in [6, 6.07) is 7.79. The molecule has 2 aromatic carbocycles.